The molecular formula is C31H38N2O3. The molecule has 1 amide bonds. The smallest absolute Gasteiger partial charge is 0.412 e. The van der Waals surface area contributed by atoms with E-state index in [1.54, 1.807) is 0 Å². The van der Waals surface area contributed by atoms with Gasteiger partial charge in [-0.2, -0.15) is 0 Å². The number of hydrogen-bond acceptors (Lipinski definition) is 4. The van der Waals surface area contributed by atoms with E-state index in [0.717, 1.165) is 54.1 Å². The van der Waals surface area contributed by atoms with E-state index in [1.807, 2.05) is 49.4 Å². The molecule has 0 aliphatic heterocycles. The molecule has 0 radical (unpaired) electrons. The highest BCUT2D eigenvalue weighted by Crippen LogP contribution is 2.33. The Morgan fingerprint density at radius 1 is 0.778 bits per heavy atom. The van der Waals surface area contributed by atoms with Gasteiger partial charge in [0.2, 0.25) is 0 Å². The molecule has 0 aromatic heterocycles. The van der Waals surface area contributed by atoms with Gasteiger partial charge in [0, 0.05) is 13.1 Å². The Hall–Kier alpha value is -3.57. The zero-order valence-electron chi connectivity index (χ0n) is 21.9. The van der Waals surface area contributed by atoms with Crippen LogP contribution in [0.15, 0.2) is 78.9 Å². The molecule has 0 saturated carbocycles. The number of hydrogen-bond donors (Lipinski definition) is 1. The van der Waals surface area contributed by atoms with E-state index in [4.69, 9.17) is 9.47 Å². The second-order valence-electron chi connectivity index (χ2n) is 8.61. The number of nitrogens with zero attached hydrogens (tertiary/aromatic N) is 1. The summed E-state index contributed by atoms with van der Waals surface area (Å²) in [4.78, 5) is 14.3. The van der Waals surface area contributed by atoms with Crippen molar-refractivity contribution in [2.45, 2.75) is 34.1 Å². The SMILES string of the molecule is CCCNC(=O)Oc1ccc(/C(=C(\C)c2ccccc2)c2ccc(OCCN(CC)CC)cc2)cc1. The maximum atomic E-state index is 11.9. The quantitative estimate of drug-likeness (QED) is 0.283. The van der Waals surface area contributed by atoms with Gasteiger partial charge in [0.25, 0.3) is 0 Å². The molecule has 36 heavy (non-hydrogen) atoms. The van der Waals surface area contributed by atoms with Crippen LogP contribution in [0.2, 0.25) is 0 Å². The minimum Gasteiger partial charge on any atom is -0.492 e. The van der Waals surface area contributed by atoms with Gasteiger partial charge < -0.3 is 19.7 Å². The highest BCUT2D eigenvalue weighted by molar-refractivity contribution is 5.98. The number of ether oxygens (including phenoxy) is 2. The molecule has 0 unspecified atom stereocenters. The average Bonchev–Trinajstić information content (AvgIpc) is 2.92. The topological polar surface area (TPSA) is 50.8 Å². The van der Waals surface area contributed by atoms with E-state index in [2.05, 4.69) is 67.4 Å². The fourth-order valence-electron chi connectivity index (χ4n) is 4.04. The normalized spacial score (nSPS) is 11.7. The summed E-state index contributed by atoms with van der Waals surface area (Å²) in [7, 11) is 0. The fourth-order valence-corrected chi connectivity index (χ4v) is 4.04. The molecule has 0 saturated heterocycles. The van der Waals surface area contributed by atoms with Crippen LogP contribution in [-0.4, -0.2) is 43.8 Å². The van der Waals surface area contributed by atoms with E-state index in [1.165, 1.54) is 5.57 Å². The van der Waals surface area contributed by atoms with Gasteiger partial charge in [0.1, 0.15) is 18.1 Å². The Morgan fingerprint density at radius 2 is 1.36 bits per heavy atom. The molecule has 0 fully saturated rings. The lowest BCUT2D eigenvalue weighted by molar-refractivity contribution is 0.200. The zero-order chi connectivity index (χ0) is 25.8. The number of likely N-dealkylation sites (N-methyl/N-ethyl adjacent to an activating group) is 1. The van der Waals surface area contributed by atoms with E-state index >= 15 is 0 Å². The first-order valence-electron chi connectivity index (χ1n) is 12.8. The van der Waals surface area contributed by atoms with Gasteiger partial charge in [-0.3, -0.25) is 0 Å². The average molecular weight is 487 g/mol. The summed E-state index contributed by atoms with van der Waals surface area (Å²) in [5, 5.41) is 2.73. The number of allylic oxidation sites excluding steroid dienone is 1. The van der Waals surface area contributed by atoms with Crippen molar-refractivity contribution < 1.29 is 14.3 Å². The molecule has 0 heterocycles. The van der Waals surface area contributed by atoms with Crippen LogP contribution < -0.4 is 14.8 Å². The van der Waals surface area contributed by atoms with Gasteiger partial charge in [0.15, 0.2) is 0 Å². The third kappa shape index (κ3) is 7.72. The van der Waals surface area contributed by atoms with Crippen LogP contribution in [0.4, 0.5) is 4.79 Å². The van der Waals surface area contributed by atoms with Crippen molar-refractivity contribution in [3.05, 3.63) is 95.6 Å². The Kier molecular flexibility index (Phi) is 10.6. The monoisotopic (exact) mass is 486 g/mol. The van der Waals surface area contributed by atoms with Crippen LogP contribution in [0.5, 0.6) is 11.5 Å². The summed E-state index contributed by atoms with van der Waals surface area (Å²) in [6.45, 7) is 12.7. The van der Waals surface area contributed by atoms with E-state index in [0.29, 0.717) is 18.9 Å². The van der Waals surface area contributed by atoms with Gasteiger partial charge in [-0.1, -0.05) is 75.4 Å². The predicted octanol–water partition coefficient (Wildman–Crippen LogP) is 6.88. The summed E-state index contributed by atoms with van der Waals surface area (Å²) >= 11 is 0. The van der Waals surface area contributed by atoms with Crippen molar-refractivity contribution in [1.29, 1.82) is 0 Å². The predicted molar refractivity (Wildman–Crippen MR) is 149 cm³/mol. The molecule has 5 nitrogen and oxygen atoms in total. The molecule has 0 aliphatic carbocycles. The fraction of sp³-hybridized carbons (Fsp3) is 0.323. The highest BCUT2D eigenvalue weighted by Gasteiger charge is 2.12. The van der Waals surface area contributed by atoms with Gasteiger partial charge in [-0.15, -0.1) is 0 Å². The van der Waals surface area contributed by atoms with Gasteiger partial charge in [0.05, 0.1) is 0 Å². The lowest BCUT2D eigenvalue weighted by Gasteiger charge is -2.18. The van der Waals surface area contributed by atoms with Gasteiger partial charge in [-0.25, -0.2) is 4.79 Å². The number of carbonyl (C=O) groups excluding carboxylic acids is 1. The van der Waals surface area contributed by atoms with Crippen LogP contribution in [0.3, 0.4) is 0 Å². The molecule has 0 spiro atoms. The first-order valence-corrected chi connectivity index (χ1v) is 12.8. The van der Waals surface area contributed by atoms with Crippen molar-refractivity contribution >= 4 is 17.2 Å². The molecule has 0 bridgehead atoms. The van der Waals surface area contributed by atoms with E-state index in [9.17, 15) is 4.79 Å². The number of benzene rings is 3. The maximum absolute atomic E-state index is 11.9. The number of carbonyl (C=O) groups is 1. The number of amides is 1. The lowest BCUT2D eigenvalue weighted by atomic mass is 9.90. The Labute approximate surface area is 215 Å². The number of nitrogens with one attached hydrogen (secondary N) is 1. The van der Waals surface area contributed by atoms with Crippen molar-refractivity contribution in [1.82, 2.24) is 10.2 Å². The highest BCUT2D eigenvalue weighted by atomic mass is 16.6. The minimum absolute atomic E-state index is 0.433. The summed E-state index contributed by atoms with van der Waals surface area (Å²) < 4.78 is 11.4. The van der Waals surface area contributed by atoms with Crippen LogP contribution >= 0.6 is 0 Å². The summed E-state index contributed by atoms with van der Waals surface area (Å²) in [5.41, 5.74) is 5.60. The largest absolute Gasteiger partial charge is 0.492 e. The van der Waals surface area contributed by atoms with Crippen LogP contribution in [0.25, 0.3) is 11.1 Å². The maximum Gasteiger partial charge on any atom is 0.412 e. The number of rotatable bonds is 12. The van der Waals surface area contributed by atoms with Crippen LogP contribution in [0.1, 0.15) is 50.8 Å². The van der Waals surface area contributed by atoms with E-state index < -0.39 is 6.09 Å². The molecular weight excluding hydrogens is 448 g/mol. The molecule has 3 aromatic rings. The van der Waals surface area contributed by atoms with Gasteiger partial charge in [-0.05, 0) is 78.5 Å². The molecule has 0 atom stereocenters. The standard InChI is InChI=1S/C31H38N2O3/c1-5-21-32-31(34)36-29-19-15-27(16-20-29)30(24(4)25-11-9-8-10-12-25)26-13-17-28(18-14-26)35-23-22-33(6-2)7-3/h8-20H,5-7,21-23H2,1-4H3,(H,32,34)/b30-24+. The summed E-state index contributed by atoms with van der Waals surface area (Å²) in [6.07, 6.45) is 0.429. The third-order valence-electron chi connectivity index (χ3n) is 6.17. The summed E-state index contributed by atoms with van der Waals surface area (Å²) in [5.74, 6) is 1.38. The molecule has 0 aliphatic rings. The van der Waals surface area contributed by atoms with Crippen molar-refractivity contribution in [3.63, 3.8) is 0 Å². The Bertz CT molecular complexity index is 1100. The Morgan fingerprint density at radius 3 is 1.92 bits per heavy atom. The molecule has 5 heteroatoms. The first-order chi connectivity index (χ1) is 17.5. The molecule has 1 N–H and O–H groups in total. The lowest BCUT2D eigenvalue weighted by Crippen LogP contribution is -2.27. The molecule has 3 rings (SSSR count). The van der Waals surface area contributed by atoms with Crippen molar-refractivity contribution in [3.8, 4) is 11.5 Å². The third-order valence-corrected chi connectivity index (χ3v) is 6.17. The van der Waals surface area contributed by atoms with E-state index in [-0.39, 0.29) is 0 Å². The van der Waals surface area contributed by atoms with Crippen molar-refractivity contribution in [2.24, 2.45) is 0 Å². The molecule has 190 valence electrons. The Balaban J connectivity index is 1.85. The molecule has 3 aromatic carbocycles. The van der Waals surface area contributed by atoms with Crippen molar-refractivity contribution in [2.75, 3.05) is 32.8 Å². The second-order valence-corrected chi connectivity index (χ2v) is 8.61. The second kappa shape index (κ2) is 14.1. The minimum atomic E-state index is -0.433. The zero-order valence-corrected chi connectivity index (χ0v) is 21.9. The van der Waals surface area contributed by atoms with Crippen LogP contribution in [0, 0.1) is 0 Å². The summed E-state index contributed by atoms with van der Waals surface area (Å²) in [6, 6.07) is 26.3. The van der Waals surface area contributed by atoms with Crippen LogP contribution in [-0.2, 0) is 0 Å². The van der Waals surface area contributed by atoms with Gasteiger partial charge >= 0.3 is 6.09 Å². The first kappa shape index (κ1) is 27.0.